The van der Waals surface area contributed by atoms with Gasteiger partial charge in [0.05, 0.1) is 14.2 Å². The van der Waals surface area contributed by atoms with Crippen molar-refractivity contribution in [3.63, 3.8) is 0 Å². The van der Waals surface area contributed by atoms with Gasteiger partial charge in [0.1, 0.15) is 17.0 Å². The number of benzene rings is 1. The van der Waals surface area contributed by atoms with Crippen LogP contribution in [0, 0.1) is 0 Å². The van der Waals surface area contributed by atoms with Gasteiger partial charge < -0.3 is 14.5 Å². The highest BCUT2D eigenvalue weighted by atomic mass is 16.5. The summed E-state index contributed by atoms with van der Waals surface area (Å²) in [5, 5.41) is 0.965. The Labute approximate surface area is 121 Å². The number of fused-ring (bicyclic) bond motifs is 1. The van der Waals surface area contributed by atoms with Gasteiger partial charge in [0.25, 0.3) is 0 Å². The topological polar surface area (TPSA) is 64.2 Å². The molecule has 106 valence electrons. The van der Waals surface area contributed by atoms with Crippen molar-refractivity contribution in [3.05, 3.63) is 48.4 Å². The Hall–Kier alpha value is -2.82. The van der Waals surface area contributed by atoms with Crippen molar-refractivity contribution in [1.29, 1.82) is 0 Å². The SMILES string of the molecule is COC(=O)c1cc(-c2ccc(OC)c3ncccc23)c[nH]1. The van der Waals surface area contributed by atoms with Crippen molar-refractivity contribution in [2.24, 2.45) is 0 Å². The smallest absolute Gasteiger partial charge is 0.354 e. The van der Waals surface area contributed by atoms with E-state index >= 15 is 0 Å². The lowest BCUT2D eigenvalue weighted by Crippen LogP contribution is -2.00. The van der Waals surface area contributed by atoms with E-state index in [0.29, 0.717) is 5.69 Å². The molecule has 0 atom stereocenters. The van der Waals surface area contributed by atoms with Crippen LogP contribution >= 0.6 is 0 Å². The minimum atomic E-state index is -0.391. The first-order valence-corrected chi connectivity index (χ1v) is 6.43. The number of methoxy groups -OCH3 is 2. The Kier molecular flexibility index (Phi) is 3.31. The number of aromatic amines is 1. The van der Waals surface area contributed by atoms with Crippen LogP contribution in [-0.2, 0) is 4.74 Å². The van der Waals surface area contributed by atoms with E-state index in [0.717, 1.165) is 27.8 Å². The molecule has 2 aromatic heterocycles. The minimum absolute atomic E-state index is 0.391. The number of hydrogen-bond acceptors (Lipinski definition) is 4. The van der Waals surface area contributed by atoms with Crippen molar-refractivity contribution < 1.29 is 14.3 Å². The first-order valence-electron chi connectivity index (χ1n) is 6.43. The van der Waals surface area contributed by atoms with E-state index in [4.69, 9.17) is 9.47 Å². The number of H-pyrrole nitrogens is 1. The van der Waals surface area contributed by atoms with Crippen LogP contribution < -0.4 is 4.74 Å². The monoisotopic (exact) mass is 282 g/mol. The molecule has 0 aliphatic heterocycles. The molecule has 2 heterocycles. The van der Waals surface area contributed by atoms with Gasteiger partial charge >= 0.3 is 5.97 Å². The highest BCUT2D eigenvalue weighted by molar-refractivity contribution is 5.99. The molecular formula is C16H14N2O3. The van der Waals surface area contributed by atoms with E-state index in [-0.39, 0.29) is 0 Å². The first kappa shape index (κ1) is 13.2. The number of nitrogens with zero attached hydrogens (tertiary/aromatic N) is 1. The fourth-order valence-corrected chi connectivity index (χ4v) is 2.34. The Morgan fingerprint density at radius 3 is 2.86 bits per heavy atom. The van der Waals surface area contributed by atoms with Crippen LogP contribution in [0.2, 0.25) is 0 Å². The summed E-state index contributed by atoms with van der Waals surface area (Å²) in [5.41, 5.74) is 3.08. The molecule has 0 aliphatic rings. The standard InChI is InChI=1S/C16H14N2O3/c1-20-14-6-5-11(12-4-3-7-17-15(12)14)10-8-13(18-9-10)16(19)21-2/h3-9,18H,1-2H3. The third-order valence-corrected chi connectivity index (χ3v) is 3.35. The summed E-state index contributed by atoms with van der Waals surface area (Å²) in [6.07, 6.45) is 3.51. The van der Waals surface area contributed by atoms with Gasteiger partial charge in [-0.2, -0.15) is 0 Å². The number of ether oxygens (including phenoxy) is 2. The van der Waals surface area contributed by atoms with Gasteiger partial charge in [-0.15, -0.1) is 0 Å². The molecule has 0 fully saturated rings. The number of nitrogens with one attached hydrogen (secondary N) is 1. The van der Waals surface area contributed by atoms with Gasteiger partial charge in [-0.25, -0.2) is 4.79 Å². The van der Waals surface area contributed by atoms with Crippen LogP contribution in [0.1, 0.15) is 10.5 Å². The largest absolute Gasteiger partial charge is 0.494 e. The highest BCUT2D eigenvalue weighted by Gasteiger charge is 2.13. The van der Waals surface area contributed by atoms with Gasteiger partial charge in [-0.1, -0.05) is 6.07 Å². The minimum Gasteiger partial charge on any atom is -0.494 e. The predicted molar refractivity (Wildman–Crippen MR) is 79.4 cm³/mol. The number of rotatable bonds is 3. The summed E-state index contributed by atoms with van der Waals surface area (Å²) in [6.45, 7) is 0. The van der Waals surface area contributed by atoms with Crippen molar-refractivity contribution in [2.45, 2.75) is 0 Å². The summed E-state index contributed by atoms with van der Waals surface area (Å²) in [4.78, 5) is 18.8. The molecule has 5 nitrogen and oxygen atoms in total. The second-order valence-electron chi connectivity index (χ2n) is 4.51. The third kappa shape index (κ3) is 2.23. The lowest BCUT2D eigenvalue weighted by atomic mass is 10.0. The lowest BCUT2D eigenvalue weighted by molar-refractivity contribution is 0.0595. The molecule has 3 aromatic rings. The summed E-state index contributed by atoms with van der Waals surface area (Å²) in [7, 11) is 2.98. The first-order chi connectivity index (χ1) is 10.2. The maximum absolute atomic E-state index is 11.5. The van der Waals surface area contributed by atoms with E-state index in [1.807, 2.05) is 24.3 Å². The lowest BCUT2D eigenvalue weighted by Gasteiger charge is -2.08. The van der Waals surface area contributed by atoms with Crippen molar-refractivity contribution in [1.82, 2.24) is 9.97 Å². The van der Waals surface area contributed by atoms with E-state index in [2.05, 4.69) is 9.97 Å². The average Bonchev–Trinajstić information content (AvgIpc) is 3.02. The van der Waals surface area contributed by atoms with Gasteiger partial charge in [0.2, 0.25) is 0 Å². The molecular weight excluding hydrogens is 268 g/mol. The molecule has 0 radical (unpaired) electrons. The highest BCUT2D eigenvalue weighted by Crippen LogP contribution is 2.33. The number of pyridine rings is 1. The number of carbonyl (C=O) groups excluding carboxylic acids is 1. The predicted octanol–water partition coefficient (Wildman–Crippen LogP) is 3.03. The Bertz CT molecular complexity index is 808. The zero-order chi connectivity index (χ0) is 14.8. The molecule has 5 heteroatoms. The Balaban J connectivity index is 2.17. The van der Waals surface area contributed by atoms with Crippen molar-refractivity contribution >= 4 is 16.9 Å². The average molecular weight is 282 g/mol. The van der Waals surface area contributed by atoms with E-state index in [9.17, 15) is 4.79 Å². The van der Waals surface area contributed by atoms with Gasteiger partial charge in [-0.05, 0) is 29.8 Å². The Morgan fingerprint density at radius 2 is 2.10 bits per heavy atom. The summed E-state index contributed by atoms with van der Waals surface area (Å²) >= 11 is 0. The molecule has 0 amide bonds. The Morgan fingerprint density at radius 1 is 1.24 bits per heavy atom. The third-order valence-electron chi connectivity index (χ3n) is 3.35. The molecule has 3 rings (SSSR count). The van der Waals surface area contributed by atoms with Crippen LogP contribution in [0.25, 0.3) is 22.0 Å². The van der Waals surface area contributed by atoms with Gasteiger partial charge in [0.15, 0.2) is 0 Å². The molecule has 0 saturated heterocycles. The molecule has 0 saturated carbocycles. The fourth-order valence-electron chi connectivity index (χ4n) is 2.34. The van der Waals surface area contributed by atoms with Crippen molar-refractivity contribution in [2.75, 3.05) is 14.2 Å². The van der Waals surface area contributed by atoms with E-state index < -0.39 is 5.97 Å². The second kappa shape index (κ2) is 5.28. The normalized spacial score (nSPS) is 10.6. The van der Waals surface area contributed by atoms with Crippen LogP contribution in [0.3, 0.4) is 0 Å². The maximum atomic E-state index is 11.5. The molecule has 1 N–H and O–H groups in total. The summed E-state index contributed by atoms with van der Waals surface area (Å²) in [5.74, 6) is 0.329. The number of carbonyl (C=O) groups is 1. The van der Waals surface area contributed by atoms with E-state index in [1.54, 1.807) is 25.6 Å². The van der Waals surface area contributed by atoms with Crippen LogP contribution in [0.5, 0.6) is 5.75 Å². The molecule has 0 aliphatic carbocycles. The van der Waals surface area contributed by atoms with Gasteiger partial charge in [-0.3, -0.25) is 4.98 Å². The van der Waals surface area contributed by atoms with Crippen LogP contribution in [0.15, 0.2) is 42.7 Å². The quantitative estimate of drug-likeness (QED) is 0.750. The molecule has 1 aromatic carbocycles. The maximum Gasteiger partial charge on any atom is 0.354 e. The van der Waals surface area contributed by atoms with Crippen molar-refractivity contribution in [3.8, 4) is 16.9 Å². The zero-order valence-electron chi connectivity index (χ0n) is 11.7. The van der Waals surface area contributed by atoms with Crippen LogP contribution in [-0.4, -0.2) is 30.2 Å². The molecule has 0 spiro atoms. The number of aromatic nitrogens is 2. The molecule has 21 heavy (non-hydrogen) atoms. The molecule has 0 bridgehead atoms. The van der Waals surface area contributed by atoms with Crippen LogP contribution in [0.4, 0.5) is 0 Å². The summed E-state index contributed by atoms with van der Waals surface area (Å²) < 4.78 is 10.0. The fraction of sp³-hybridized carbons (Fsp3) is 0.125. The van der Waals surface area contributed by atoms with E-state index in [1.165, 1.54) is 7.11 Å². The zero-order valence-corrected chi connectivity index (χ0v) is 11.7. The second-order valence-corrected chi connectivity index (χ2v) is 4.51. The van der Waals surface area contributed by atoms with Gasteiger partial charge in [0, 0.05) is 23.3 Å². The number of esters is 1. The molecule has 0 unspecified atom stereocenters. The summed E-state index contributed by atoms with van der Waals surface area (Å²) in [6, 6.07) is 9.44. The number of hydrogen-bond donors (Lipinski definition) is 1.